The minimum atomic E-state index is -1.14. The van der Waals surface area contributed by atoms with E-state index in [1.807, 2.05) is 0 Å². The Kier molecular flexibility index (Phi) is 3.32. The van der Waals surface area contributed by atoms with Crippen LogP contribution in [0.3, 0.4) is 0 Å². The van der Waals surface area contributed by atoms with E-state index in [1.54, 1.807) is 13.8 Å². The van der Waals surface area contributed by atoms with Gasteiger partial charge >= 0.3 is 11.8 Å². The molecule has 0 N–H and O–H groups in total. The summed E-state index contributed by atoms with van der Waals surface area (Å²) in [6.45, 7) is 3.19. The van der Waals surface area contributed by atoms with E-state index < -0.39 is 11.8 Å². The summed E-state index contributed by atoms with van der Waals surface area (Å²) in [7, 11) is 0. The number of ketones is 1. The predicted octanol–water partition coefficient (Wildman–Crippen LogP) is -0.294. The van der Waals surface area contributed by atoms with Crippen LogP contribution in [0.15, 0.2) is 0 Å². The Labute approximate surface area is 58.2 Å². The Morgan fingerprint density at radius 2 is 1.90 bits per heavy atom. The summed E-state index contributed by atoms with van der Waals surface area (Å²) in [5.41, 5.74) is 0. The summed E-state index contributed by atoms with van der Waals surface area (Å²) in [5, 5.41) is 0. The van der Waals surface area contributed by atoms with Crippen LogP contribution in [0.5, 0.6) is 0 Å². The van der Waals surface area contributed by atoms with Gasteiger partial charge in [-0.1, -0.05) is 0 Å². The van der Waals surface area contributed by atoms with Crippen LogP contribution < -0.4 is 0 Å². The number of rotatable bonds is 3. The van der Waals surface area contributed by atoms with Crippen molar-refractivity contribution in [1.82, 2.24) is 0 Å². The highest BCUT2D eigenvalue weighted by Gasteiger charge is 2.14. The first kappa shape index (κ1) is 8.81. The molecule has 0 aliphatic rings. The maximum Gasteiger partial charge on any atom is 0.382 e. The van der Waals surface area contributed by atoms with Gasteiger partial charge < -0.3 is 4.74 Å². The van der Waals surface area contributed by atoms with E-state index in [1.165, 1.54) is 0 Å². The number of hydrogen-bond acceptors (Lipinski definition) is 4. The molecule has 0 saturated carbocycles. The number of carbonyl (C=O) groups is 3. The molecule has 0 aromatic rings. The van der Waals surface area contributed by atoms with Crippen LogP contribution >= 0.6 is 0 Å². The summed E-state index contributed by atoms with van der Waals surface area (Å²) >= 11 is 0. The van der Waals surface area contributed by atoms with Crippen molar-refractivity contribution < 1.29 is 19.1 Å². The SMILES string of the molecule is CC(C)OC(=O)C(=O)C=O. The quantitative estimate of drug-likeness (QED) is 0.236. The minimum Gasteiger partial charge on any atom is -0.457 e. The number of esters is 1. The molecule has 0 heterocycles. The second-order valence-corrected chi connectivity index (χ2v) is 1.94. The molecule has 0 fully saturated rings. The molecule has 0 aliphatic carbocycles. The lowest BCUT2D eigenvalue weighted by molar-refractivity contribution is -0.157. The zero-order valence-corrected chi connectivity index (χ0v) is 5.79. The standard InChI is InChI=1S/C6H8O4/c1-4(2)10-6(9)5(8)3-7/h3-4H,1-2H3. The molecule has 0 saturated heterocycles. The molecule has 10 heavy (non-hydrogen) atoms. The van der Waals surface area contributed by atoms with Gasteiger partial charge in [0.25, 0.3) is 0 Å². The van der Waals surface area contributed by atoms with Gasteiger partial charge in [0.05, 0.1) is 6.10 Å². The third kappa shape index (κ3) is 2.96. The van der Waals surface area contributed by atoms with Gasteiger partial charge in [0, 0.05) is 0 Å². The Hall–Kier alpha value is -1.19. The van der Waals surface area contributed by atoms with Crippen LogP contribution in [0.1, 0.15) is 13.8 Å². The fraction of sp³-hybridized carbons (Fsp3) is 0.500. The summed E-state index contributed by atoms with van der Waals surface area (Å²) in [4.78, 5) is 30.3. The van der Waals surface area contributed by atoms with Crippen molar-refractivity contribution in [2.45, 2.75) is 20.0 Å². The first-order chi connectivity index (χ1) is 4.57. The van der Waals surface area contributed by atoms with Gasteiger partial charge in [-0.25, -0.2) is 4.79 Å². The maximum absolute atomic E-state index is 10.4. The average molecular weight is 144 g/mol. The molecule has 0 rings (SSSR count). The van der Waals surface area contributed by atoms with Gasteiger partial charge in [0.15, 0.2) is 6.29 Å². The van der Waals surface area contributed by atoms with Crippen LogP contribution in [0.25, 0.3) is 0 Å². The van der Waals surface area contributed by atoms with E-state index in [2.05, 4.69) is 4.74 Å². The van der Waals surface area contributed by atoms with E-state index in [-0.39, 0.29) is 12.4 Å². The van der Waals surface area contributed by atoms with Crippen LogP contribution in [0.4, 0.5) is 0 Å². The maximum atomic E-state index is 10.4. The van der Waals surface area contributed by atoms with E-state index in [9.17, 15) is 14.4 Å². The number of hydrogen-bond donors (Lipinski definition) is 0. The molecule has 56 valence electrons. The highest BCUT2D eigenvalue weighted by Crippen LogP contribution is 1.88. The third-order valence-corrected chi connectivity index (χ3v) is 0.651. The van der Waals surface area contributed by atoms with Crippen molar-refractivity contribution in [3.05, 3.63) is 0 Å². The highest BCUT2D eigenvalue weighted by molar-refractivity contribution is 6.55. The number of Topliss-reactive ketones (excluding diaryl/α,β-unsaturated/α-hetero) is 1. The molecule has 0 aliphatic heterocycles. The van der Waals surface area contributed by atoms with Gasteiger partial charge in [0.2, 0.25) is 0 Å². The Morgan fingerprint density at radius 1 is 1.40 bits per heavy atom. The van der Waals surface area contributed by atoms with Gasteiger partial charge in [-0.3, -0.25) is 9.59 Å². The number of aldehydes is 1. The normalized spacial score (nSPS) is 9.10. The fourth-order valence-electron chi connectivity index (χ4n) is 0.320. The molecule has 0 spiro atoms. The van der Waals surface area contributed by atoms with Gasteiger partial charge in [-0.15, -0.1) is 0 Å². The molecule has 0 aromatic carbocycles. The van der Waals surface area contributed by atoms with Crippen LogP contribution in [0.2, 0.25) is 0 Å². The van der Waals surface area contributed by atoms with Crippen LogP contribution in [-0.4, -0.2) is 24.1 Å². The van der Waals surface area contributed by atoms with Crippen LogP contribution in [-0.2, 0) is 19.1 Å². The largest absolute Gasteiger partial charge is 0.457 e. The predicted molar refractivity (Wildman–Crippen MR) is 32.3 cm³/mol. The van der Waals surface area contributed by atoms with Gasteiger partial charge in [-0.05, 0) is 13.8 Å². The molecular formula is C6H8O4. The molecule has 0 bridgehead atoms. The van der Waals surface area contributed by atoms with Crippen molar-refractivity contribution >= 4 is 18.0 Å². The molecule has 0 radical (unpaired) electrons. The van der Waals surface area contributed by atoms with Crippen molar-refractivity contribution in [3.63, 3.8) is 0 Å². The lowest BCUT2D eigenvalue weighted by Gasteiger charge is -2.03. The summed E-state index contributed by atoms with van der Waals surface area (Å²) < 4.78 is 4.38. The Bertz CT molecular complexity index is 159. The van der Waals surface area contributed by atoms with E-state index in [4.69, 9.17) is 0 Å². The fourth-order valence-corrected chi connectivity index (χ4v) is 0.320. The summed E-state index contributed by atoms with van der Waals surface area (Å²) in [5.74, 6) is -2.24. The molecular weight excluding hydrogens is 136 g/mol. The second-order valence-electron chi connectivity index (χ2n) is 1.94. The van der Waals surface area contributed by atoms with Crippen molar-refractivity contribution in [2.24, 2.45) is 0 Å². The molecule has 4 nitrogen and oxygen atoms in total. The average Bonchev–Trinajstić information content (AvgIpc) is 1.85. The van der Waals surface area contributed by atoms with E-state index in [0.29, 0.717) is 0 Å². The zero-order valence-electron chi connectivity index (χ0n) is 5.79. The van der Waals surface area contributed by atoms with Crippen molar-refractivity contribution in [2.75, 3.05) is 0 Å². The minimum absolute atomic E-state index is 0.0648. The monoisotopic (exact) mass is 144 g/mol. The molecule has 0 atom stereocenters. The second kappa shape index (κ2) is 3.76. The lowest BCUT2D eigenvalue weighted by atomic mass is 10.4. The van der Waals surface area contributed by atoms with Crippen molar-refractivity contribution in [1.29, 1.82) is 0 Å². The highest BCUT2D eigenvalue weighted by atomic mass is 16.5. The Morgan fingerprint density at radius 3 is 2.20 bits per heavy atom. The topological polar surface area (TPSA) is 60.4 Å². The third-order valence-electron chi connectivity index (χ3n) is 0.651. The Balaban J connectivity index is 3.85. The molecule has 0 amide bonds. The molecule has 0 aromatic heterocycles. The van der Waals surface area contributed by atoms with E-state index in [0.717, 1.165) is 0 Å². The van der Waals surface area contributed by atoms with Gasteiger partial charge in [0.1, 0.15) is 0 Å². The zero-order chi connectivity index (χ0) is 8.15. The smallest absolute Gasteiger partial charge is 0.382 e. The first-order valence-corrected chi connectivity index (χ1v) is 2.78. The lowest BCUT2D eigenvalue weighted by Crippen LogP contribution is -2.21. The van der Waals surface area contributed by atoms with E-state index >= 15 is 0 Å². The summed E-state index contributed by atoms with van der Waals surface area (Å²) in [6.07, 6.45) is -0.429. The number of ether oxygens (including phenoxy) is 1. The van der Waals surface area contributed by atoms with Gasteiger partial charge in [-0.2, -0.15) is 0 Å². The molecule has 4 heteroatoms. The first-order valence-electron chi connectivity index (χ1n) is 2.78. The van der Waals surface area contributed by atoms with Crippen molar-refractivity contribution in [3.8, 4) is 0 Å². The number of carbonyl (C=O) groups excluding carboxylic acids is 3. The summed E-state index contributed by atoms with van der Waals surface area (Å²) in [6, 6.07) is 0. The van der Waals surface area contributed by atoms with Crippen LogP contribution in [0, 0.1) is 0 Å². The molecule has 0 unspecified atom stereocenters.